The normalized spacial score (nSPS) is 12.8. The summed E-state index contributed by atoms with van der Waals surface area (Å²) < 4.78 is 1.09. The number of carbonyl (C=O) groups excluding carboxylic acids is 1. The summed E-state index contributed by atoms with van der Waals surface area (Å²) in [5.74, 6) is 0.494. The van der Waals surface area contributed by atoms with E-state index in [1.54, 1.807) is 16.2 Å². The maximum Gasteiger partial charge on any atom is 0.263 e. The minimum atomic E-state index is 0.0607. The highest BCUT2D eigenvalue weighted by Gasteiger charge is 2.19. The average molecular weight is 369 g/mol. The van der Waals surface area contributed by atoms with Crippen molar-refractivity contribution in [1.82, 2.24) is 9.88 Å². The molecule has 1 unspecified atom stereocenters. The summed E-state index contributed by atoms with van der Waals surface area (Å²) >= 11 is 3.14. The lowest BCUT2D eigenvalue weighted by Gasteiger charge is -2.21. The summed E-state index contributed by atoms with van der Waals surface area (Å²) in [7, 11) is 1.85. The summed E-state index contributed by atoms with van der Waals surface area (Å²) in [4.78, 5) is 23.0. The predicted octanol–water partition coefficient (Wildman–Crippen LogP) is 3.65. The number of rotatable bonds is 8. The first kappa shape index (κ1) is 19.1. The third-order valence-corrected chi connectivity index (χ3v) is 6.53. The molecular weight excluding hydrogens is 340 g/mol. The summed E-state index contributed by atoms with van der Waals surface area (Å²) in [6.45, 7) is 11.1. The molecule has 0 radical (unpaired) electrons. The van der Waals surface area contributed by atoms with E-state index in [1.165, 1.54) is 11.3 Å². The summed E-state index contributed by atoms with van der Waals surface area (Å²) in [5, 5.41) is 1.04. The van der Waals surface area contributed by atoms with E-state index >= 15 is 0 Å². The fraction of sp³-hybridized carbons (Fsp3) is 0.647. The van der Waals surface area contributed by atoms with Gasteiger partial charge < -0.3 is 15.5 Å². The van der Waals surface area contributed by atoms with E-state index in [0.29, 0.717) is 12.5 Å². The van der Waals surface area contributed by atoms with Crippen LogP contribution >= 0.6 is 22.7 Å². The Labute approximate surface area is 152 Å². The van der Waals surface area contributed by atoms with Crippen LogP contribution in [-0.4, -0.2) is 48.5 Å². The molecule has 134 valence electrons. The van der Waals surface area contributed by atoms with Gasteiger partial charge in [-0.15, -0.1) is 11.3 Å². The molecule has 1 amide bonds. The zero-order valence-electron chi connectivity index (χ0n) is 15.2. The van der Waals surface area contributed by atoms with Gasteiger partial charge in [-0.3, -0.25) is 4.79 Å². The van der Waals surface area contributed by atoms with E-state index in [9.17, 15) is 4.79 Å². The third-order valence-electron chi connectivity index (χ3n) is 4.32. The number of thiazole rings is 1. The molecule has 5 nitrogen and oxygen atoms in total. The van der Waals surface area contributed by atoms with Crippen LogP contribution in [0.5, 0.6) is 0 Å². The van der Waals surface area contributed by atoms with Crippen LogP contribution in [0.15, 0.2) is 6.07 Å². The number of amides is 1. The standard InChI is InChI=1S/C17H28N4OS2/c1-6-21(7-2)17-19-15-13(24-17)10-14(23-15)16(22)20(5)9-8-12(18)11(3)4/h10-12H,6-9,18H2,1-5H3. The zero-order chi connectivity index (χ0) is 17.9. The highest BCUT2D eigenvalue weighted by molar-refractivity contribution is 7.29. The third kappa shape index (κ3) is 4.26. The minimum absolute atomic E-state index is 0.0607. The van der Waals surface area contributed by atoms with Crippen LogP contribution in [0.4, 0.5) is 5.13 Å². The second kappa shape index (κ2) is 8.27. The number of nitrogens with two attached hydrogens (primary N) is 1. The van der Waals surface area contributed by atoms with Crippen LogP contribution in [0.25, 0.3) is 9.53 Å². The molecular formula is C17H28N4OS2. The van der Waals surface area contributed by atoms with Gasteiger partial charge in [-0.05, 0) is 32.3 Å². The second-order valence-electron chi connectivity index (χ2n) is 6.37. The molecule has 0 aliphatic rings. The molecule has 0 aliphatic heterocycles. The van der Waals surface area contributed by atoms with Gasteiger partial charge in [0, 0.05) is 32.7 Å². The molecule has 0 bridgehead atoms. The van der Waals surface area contributed by atoms with E-state index in [-0.39, 0.29) is 11.9 Å². The SMILES string of the molecule is CCN(CC)c1nc2sc(C(=O)N(C)CCC(N)C(C)C)cc2s1. The van der Waals surface area contributed by atoms with E-state index in [0.717, 1.165) is 39.0 Å². The van der Waals surface area contributed by atoms with E-state index in [4.69, 9.17) is 5.73 Å². The van der Waals surface area contributed by atoms with Gasteiger partial charge in [0.25, 0.3) is 5.91 Å². The first-order valence-electron chi connectivity index (χ1n) is 8.53. The van der Waals surface area contributed by atoms with Gasteiger partial charge in [0.2, 0.25) is 0 Å². The second-order valence-corrected chi connectivity index (χ2v) is 8.41. The largest absolute Gasteiger partial charge is 0.349 e. The first-order valence-corrected chi connectivity index (χ1v) is 10.2. The predicted molar refractivity (Wildman–Crippen MR) is 105 cm³/mol. The Bertz CT molecular complexity index is 644. The molecule has 2 rings (SSSR count). The Kier molecular flexibility index (Phi) is 6.60. The monoisotopic (exact) mass is 368 g/mol. The van der Waals surface area contributed by atoms with Crippen molar-refractivity contribution in [3.8, 4) is 0 Å². The number of carbonyl (C=O) groups is 1. The summed E-state index contributed by atoms with van der Waals surface area (Å²) in [6.07, 6.45) is 0.823. The number of thiophene rings is 1. The number of hydrogen-bond donors (Lipinski definition) is 1. The Morgan fingerprint density at radius 1 is 1.29 bits per heavy atom. The van der Waals surface area contributed by atoms with Gasteiger partial charge in [-0.25, -0.2) is 4.98 Å². The van der Waals surface area contributed by atoms with Gasteiger partial charge >= 0.3 is 0 Å². The van der Waals surface area contributed by atoms with Gasteiger partial charge in [-0.1, -0.05) is 25.2 Å². The van der Waals surface area contributed by atoms with Crippen LogP contribution < -0.4 is 10.6 Å². The highest BCUT2D eigenvalue weighted by Crippen LogP contribution is 2.35. The van der Waals surface area contributed by atoms with Crippen LogP contribution in [0.2, 0.25) is 0 Å². The first-order chi connectivity index (χ1) is 11.4. The number of anilines is 1. The van der Waals surface area contributed by atoms with E-state index < -0.39 is 0 Å². The molecule has 0 aromatic carbocycles. The van der Waals surface area contributed by atoms with Crippen molar-refractivity contribution in [2.75, 3.05) is 31.6 Å². The van der Waals surface area contributed by atoms with Gasteiger partial charge in [0.1, 0.15) is 4.83 Å². The molecule has 24 heavy (non-hydrogen) atoms. The Hall–Kier alpha value is -1.18. The summed E-state index contributed by atoms with van der Waals surface area (Å²) in [5.41, 5.74) is 6.07. The molecule has 2 aromatic heterocycles. The Morgan fingerprint density at radius 3 is 2.50 bits per heavy atom. The summed E-state index contributed by atoms with van der Waals surface area (Å²) in [6, 6.07) is 2.11. The van der Waals surface area contributed by atoms with Crippen molar-refractivity contribution in [2.24, 2.45) is 11.7 Å². The van der Waals surface area contributed by atoms with E-state index in [2.05, 4.69) is 37.6 Å². The Morgan fingerprint density at radius 2 is 1.96 bits per heavy atom. The number of nitrogens with zero attached hydrogens (tertiary/aromatic N) is 3. The number of hydrogen-bond acceptors (Lipinski definition) is 6. The lowest BCUT2D eigenvalue weighted by molar-refractivity contribution is 0.0794. The molecule has 2 aromatic rings. The fourth-order valence-corrected chi connectivity index (χ4v) is 4.76. The topological polar surface area (TPSA) is 62.5 Å². The lowest BCUT2D eigenvalue weighted by atomic mass is 10.0. The lowest BCUT2D eigenvalue weighted by Crippen LogP contribution is -2.34. The van der Waals surface area contributed by atoms with Crippen LogP contribution in [-0.2, 0) is 0 Å². The van der Waals surface area contributed by atoms with Gasteiger partial charge in [-0.2, -0.15) is 0 Å². The van der Waals surface area contributed by atoms with Crippen molar-refractivity contribution in [1.29, 1.82) is 0 Å². The molecule has 0 saturated heterocycles. The Balaban J connectivity index is 2.06. The maximum atomic E-state index is 12.6. The van der Waals surface area contributed by atoms with Crippen molar-refractivity contribution < 1.29 is 4.79 Å². The molecule has 7 heteroatoms. The van der Waals surface area contributed by atoms with Crippen LogP contribution in [0.1, 0.15) is 43.8 Å². The molecule has 0 fully saturated rings. The van der Waals surface area contributed by atoms with Crippen molar-refractivity contribution in [3.05, 3.63) is 10.9 Å². The maximum absolute atomic E-state index is 12.6. The molecule has 0 spiro atoms. The molecule has 2 N–H and O–H groups in total. The highest BCUT2D eigenvalue weighted by atomic mass is 32.1. The molecule has 0 aliphatic carbocycles. The van der Waals surface area contributed by atoms with Crippen LogP contribution in [0, 0.1) is 5.92 Å². The van der Waals surface area contributed by atoms with E-state index in [1.807, 2.05) is 13.1 Å². The van der Waals surface area contributed by atoms with Gasteiger partial charge in [0.05, 0.1) is 9.58 Å². The average Bonchev–Trinajstić information content (AvgIpc) is 3.11. The minimum Gasteiger partial charge on any atom is -0.349 e. The molecule has 2 heterocycles. The number of aromatic nitrogens is 1. The van der Waals surface area contributed by atoms with Crippen molar-refractivity contribution >= 4 is 43.2 Å². The quantitative estimate of drug-likeness (QED) is 0.772. The number of fused-ring (bicyclic) bond motifs is 1. The molecule has 1 atom stereocenters. The van der Waals surface area contributed by atoms with Crippen molar-refractivity contribution in [2.45, 2.75) is 40.2 Å². The van der Waals surface area contributed by atoms with Crippen LogP contribution in [0.3, 0.4) is 0 Å². The van der Waals surface area contributed by atoms with Crippen molar-refractivity contribution in [3.63, 3.8) is 0 Å². The zero-order valence-corrected chi connectivity index (χ0v) is 16.8. The smallest absolute Gasteiger partial charge is 0.263 e. The molecule has 0 saturated carbocycles. The van der Waals surface area contributed by atoms with Gasteiger partial charge in [0.15, 0.2) is 5.13 Å². The fourth-order valence-electron chi connectivity index (χ4n) is 2.42.